The molecule has 0 bridgehead atoms. The molecule has 1 N–H and O–H groups in total. The molecule has 5 heteroatoms. The Morgan fingerprint density at radius 2 is 2.12 bits per heavy atom. The highest BCUT2D eigenvalue weighted by Gasteiger charge is 2.05. The van der Waals surface area contributed by atoms with Crippen LogP contribution >= 0.6 is 11.8 Å². The van der Waals surface area contributed by atoms with Gasteiger partial charge in [0.1, 0.15) is 5.76 Å². The lowest BCUT2D eigenvalue weighted by Crippen LogP contribution is -2.20. The third-order valence-corrected chi connectivity index (χ3v) is 3.38. The number of nitrogens with zero attached hydrogens (tertiary/aromatic N) is 1. The van der Waals surface area contributed by atoms with E-state index in [2.05, 4.69) is 10.3 Å². The molecule has 0 atom stereocenters. The first kappa shape index (κ1) is 14.5. The van der Waals surface area contributed by atoms with Gasteiger partial charge in [0.15, 0.2) is 0 Å². The number of ether oxygens (including phenoxy) is 1. The zero-order valence-electron chi connectivity index (χ0n) is 10.9. The Balaban J connectivity index is 1.97. The third-order valence-electron chi connectivity index (χ3n) is 2.47. The summed E-state index contributed by atoms with van der Waals surface area (Å²) in [5, 5.41) is 4.12. The van der Waals surface area contributed by atoms with Crippen molar-refractivity contribution < 1.29 is 9.15 Å². The van der Waals surface area contributed by atoms with Gasteiger partial charge in [-0.2, -0.15) is 0 Å². The number of methoxy groups -OCH3 is 1. The maximum atomic E-state index is 5.49. The molecule has 0 radical (unpaired) electrons. The normalized spacial score (nSPS) is 11.0. The van der Waals surface area contributed by atoms with E-state index < -0.39 is 0 Å². The van der Waals surface area contributed by atoms with Crippen LogP contribution in [0.5, 0.6) is 0 Å². The van der Waals surface area contributed by atoms with Gasteiger partial charge in [0.25, 0.3) is 5.22 Å². The second-order valence-electron chi connectivity index (χ2n) is 3.92. The van der Waals surface area contributed by atoms with Crippen LogP contribution in [0.4, 0.5) is 0 Å². The van der Waals surface area contributed by atoms with E-state index in [4.69, 9.17) is 9.15 Å². The van der Waals surface area contributed by atoms with E-state index in [-0.39, 0.29) is 0 Å². The SMILES string of the molecule is COCCNCCCCSc1nc(C)c(C)o1. The molecule has 0 aliphatic rings. The van der Waals surface area contributed by atoms with Gasteiger partial charge in [0.05, 0.1) is 12.3 Å². The predicted molar refractivity (Wildman–Crippen MR) is 70.7 cm³/mol. The van der Waals surface area contributed by atoms with Crippen molar-refractivity contribution in [3.63, 3.8) is 0 Å². The molecule has 0 amide bonds. The smallest absolute Gasteiger partial charge is 0.256 e. The number of aromatic nitrogens is 1. The molecule has 0 aliphatic heterocycles. The summed E-state index contributed by atoms with van der Waals surface area (Å²) in [6, 6.07) is 0. The minimum atomic E-state index is 0.781. The Labute approximate surface area is 108 Å². The molecule has 0 unspecified atom stereocenters. The summed E-state index contributed by atoms with van der Waals surface area (Å²) in [6.07, 6.45) is 2.35. The van der Waals surface area contributed by atoms with Gasteiger partial charge in [-0.25, -0.2) is 4.98 Å². The highest BCUT2D eigenvalue weighted by molar-refractivity contribution is 7.99. The lowest BCUT2D eigenvalue weighted by molar-refractivity contribution is 0.199. The number of unbranched alkanes of at least 4 members (excludes halogenated alkanes) is 1. The molecule has 98 valence electrons. The van der Waals surface area contributed by atoms with Gasteiger partial charge >= 0.3 is 0 Å². The average molecular weight is 258 g/mol. The van der Waals surface area contributed by atoms with Crippen molar-refractivity contribution in [2.45, 2.75) is 31.9 Å². The Bertz CT molecular complexity index is 296. The summed E-state index contributed by atoms with van der Waals surface area (Å²) in [6.45, 7) is 6.69. The van der Waals surface area contributed by atoms with Crippen molar-refractivity contribution in [2.75, 3.05) is 32.6 Å². The van der Waals surface area contributed by atoms with Crippen LogP contribution in [-0.4, -0.2) is 37.5 Å². The summed E-state index contributed by atoms with van der Waals surface area (Å²) < 4.78 is 10.4. The first-order valence-corrected chi connectivity index (χ1v) is 6.99. The van der Waals surface area contributed by atoms with Gasteiger partial charge in [0.2, 0.25) is 0 Å². The number of thioether (sulfide) groups is 1. The maximum absolute atomic E-state index is 5.49. The Hall–Kier alpha value is -0.520. The highest BCUT2D eigenvalue weighted by Crippen LogP contribution is 2.20. The van der Waals surface area contributed by atoms with Crippen LogP contribution in [-0.2, 0) is 4.74 Å². The monoisotopic (exact) mass is 258 g/mol. The van der Waals surface area contributed by atoms with Crippen molar-refractivity contribution in [3.8, 4) is 0 Å². The van der Waals surface area contributed by atoms with Crippen molar-refractivity contribution in [1.82, 2.24) is 10.3 Å². The predicted octanol–water partition coefficient (Wildman–Crippen LogP) is 2.40. The van der Waals surface area contributed by atoms with Gasteiger partial charge in [0, 0.05) is 19.4 Å². The van der Waals surface area contributed by atoms with Crippen LogP contribution in [0.15, 0.2) is 9.64 Å². The molecule has 0 aliphatic carbocycles. The molecule has 0 saturated heterocycles. The molecular weight excluding hydrogens is 236 g/mol. The number of aryl methyl sites for hydroxylation is 2. The molecule has 1 aromatic heterocycles. The standard InChI is InChI=1S/C12H22N2O2S/c1-10-11(2)16-12(14-10)17-9-5-4-6-13-7-8-15-3/h13H,4-9H2,1-3H3. The van der Waals surface area contributed by atoms with Gasteiger partial charge in [-0.05, 0) is 33.2 Å². The van der Waals surface area contributed by atoms with Gasteiger partial charge in [-0.15, -0.1) is 0 Å². The largest absolute Gasteiger partial charge is 0.437 e. The van der Waals surface area contributed by atoms with E-state index in [1.807, 2.05) is 13.8 Å². The van der Waals surface area contributed by atoms with E-state index in [0.717, 1.165) is 42.1 Å². The molecule has 0 fully saturated rings. The van der Waals surface area contributed by atoms with E-state index in [1.54, 1.807) is 18.9 Å². The summed E-state index contributed by atoms with van der Waals surface area (Å²) >= 11 is 1.69. The van der Waals surface area contributed by atoms with Crippen LogP contribution in [0.3, 0.4) is 0 Å². The molecule has 0 saturated carbocycles. The molecule has 1 heterocycles. The summed E-state index contributed by atoms with van der Waals surface area (Å²) in [4.78, 5) is 4.33. The van der Waals surface area contributed by atoms with E-state index in [9.17, 15) is 0 Å². The van der Waals surface area contributed by atoms with Gasteiger partial charge < -0.3 is 14.5 Å². The lowest BCUT2D eigenvalue weighted by atomic mass is 10.3. The molecule has 4 nitrogen and oxygen atoms in total. The fourth-order valence-electron chi connectivity index (χ4n) is 1.32. The van der Waals surface area contributed by atoms with Crippen LogP contribution in [0.1, 0.15) is 24.3 Å². The van der Waals surface area contributed by atoms with Crippen LogP contribution in [0, 0.1) is 13.8 Å². The minimum Gasteiger partial charge on any atom is -0.437 e. The molecule has 17 heavy (non-hydrogen) atoms. The fourth-order valence-corrected chi connectivity index (χ4v) is 2.22. The molecule has 0 aromatic carbocycles. The summed E-state index contributed by atoms with van der Waals surface area (Å²) in [7, 11) is 1.72. The quantitative estimate of drug-likeness (QED) is 0.544. The van der Waals surface area contributed by atoms with Crippen LogP contribution in [0.2, 0.25) is 0 Å². The maximum Gasteiger partial charge on any atom is 0.256 e. The zero-order valence-corrected chi connectivity index (χ0v) is 11.7. The molecule has 1 aromatic rings. The highest BCUT2D eigenvalue weighted by atomic mass is 32.2. The fraction of sp³-hybridized carbons (Fsp3) is 0.750. The van der Waals surface area contributed by atoms with Gasteiger partial charge in [-0.1, -0.05) is 11.8 Å². The van der Waals surface area contributed by atoms with Crippen LogP contribution in [0.25, 0.3) is 0 Å². The van der Waals surface area contributed by atoms with Crippen molar-refractivity contribution in [3.05, 3.63) is 11.5 Å². The zero-order chi connectivity index (χ0) is 12.5. The Morgan fingerprint density at radius 1 is 1.29 bits per heavy atom. The van der Waals surface area contributed by atoms with Crippen molar-refractivity contribution >= 4 is 11.8 Å². The van der Waals surface area contributed by atoms with Crippen molar-refractivity contribution in [1.29, 1.82) is 0 Å². The van der Waals surface area contributed by atoms with E-state index in [1.165, 1.54) is 12.8 Å². The van der Waals surface area contributed by atoms with Crippen LogP contribution < -0.4 is 5.32 Å². The summed E-state index contributed by atoms with van der Waals surface area (Å²) in [5.74, 6) is 1.99. The topological polar surface area (TPSA) is 47.3 Å². The van der Waals surface area contributed by atoms with Gasteiger partial charge in [-0.3, -0.25) is 0 Å². The minimum absolute atomic E-state index is 0.781. The number of hydrogen-bond acceptors (Lipinski definition) is 5. The summed E-state index contributed by atoms with van der Waals surface area (Å²) in [5.41, 5.74) is 0.994. The Kier molecular flexibility index (Phi) is 7.32. The van der Waals surface area contributed by atoms with Crippen molar-refractivity contribution in [2.24, 2.45) is 0 Å². The average Bonchev–Trinajstić information content (AvgIpc) is 2.62. The number of oxazole rings is 1. The van der Waals surface area contributed by atoms with E-state index in [0.29, 0.717) is 0 Å². The Morgan fingerprint density at radius 3 is 2.76 bits per heavy atom. The second kappa shape index (κ2) is 8.55. The number of hydrogen-bond donors (Lipinski definition) is 1. The first-order valence-electron chi connectivity index (χ1n) is 6.00. The lowest BCUT2D eigenvalue weighted by Gasteiger charge is -2.02. The second-order valence-corrected chi connectivity index (χ2v) is 4.97. The number of nitrogens with one attached hydrogen (secondary N) is 1. The first-order chi connectivity index (χ1) is 8.24. The molecule has 1 rings (SSSR count). The molecule has 0 spiro atoms. The third kappa shape index (κ3) is 6.10. The molecular formula is C12H22N2O2S. The number of rotatable bonds is 9. The van der Waals surface area contributed by atoms with E-state index >= 15 is 0 Å².